The Morgan fingerprint density at radius 2 is 1.31 bits per heavy atom. The first kappa shape index (κ1) is 23.2. The van der Waals surface area contributed by atoms with E-state index >= 15 is 0 Å². The molecule has 7 rings (SSSR count). The first-order valence-corrected chi connectivity index (χ1v) is 14.1. The van der Waals surface area contributed by atoms with E-state index in [0.717, 1.165) is 26.1 Å². The van der Waals surface area contributed by atoms with E-state index in [2.05, 4.69) is 75.8 Å². The molecular weight excluding hydrogens is 430 g/mol. The molecule has 5 aliphatic rings. The van der Waals surface area contributed by atoms with Gasteiger partial charge in [0.25, 0.3) is 0 Å². The molecule has 186 valence electrons. The Kier molecular flexibility index (Phi) is 6.68. The molecule has 1 amide bonds. The predicted octanol–water partition coefficient (Wildman–Crippen LogP) is 5.17. The quantitative estimate of drug-likeness (QED) is 0.605. The van der Waals surface area contributed by atoms with E-state index in [-0.39, 0.29) is 17.5 Å². The summed E-state index contributed by atoms with van der Waals surface area (Å²) < 4.78 is 0. The second kappa shape index (κ2) is 10.1. The van der Waals surface area contributed by atoms with Crippen LogP contribution in [0.15, 0.2) is 60.7 Å². The molecule has 0 radical (unpaired) electrons. The molecule has 2 bridgehead atoms. The summed E-state index contributed by atoms with van der Waals surface area (Å²) in [4.78, 5) is 18.6. The normalized spacial score (nSPS) is 33.3. The van der Waals surface area contributed by atoms with Crippen molar-refractivity contribution in [3.8, 4) is 0 Å². The van der Waals surface area contributed by atoms with Crippen LogP contribution in [0.3, 0.4) is 0 Å². The van der Waals surface area contributed by atoms with E-state index in [1.54, 1.807) is 0 Å². The zero-order valence-electron chi connectivity index (χ0n) is 21.1. The molecule has 2 saturated heterocycles. The maximum atomic E-state index is 13.3. The number of hydrogen-bond acceptors (Lipinski definition) is 3. The number of benzene rings is 2. The third-order valence-electron chi connectivity index (χ3n) is 9.63. The Morgan fingerprint density at radius 3 is 1.89 bits per heavy atom. The fourth-order valence-electron chi connectivity index (χ4n) is 8.08. The van der Waals surface area contributed by atoms with Crippen LogP contribution in [0.5, 0.6) is 0 Å². The summed E-state index contributed by atoms with van der Waals surface area (Å²) in [7, 11) is 0. The van der Waals surface area contributed by atoms with Crippen LogP contribution in [0.1, 0.15) is 74.3 Å². The van der Waals surface area contributed by atoms with Gasteiger partial charge in [0, 0.05) is 24.5 Å². The number of carbonyl (C=O) groups excluding carboxylic acids is 1. The van der Waals surface area contributed by atoms with Crippen LogP contribution in [0.2, 0.25) is 0 Å². The second-order valence-electron chi connectivity index (χ2n) is 11.6. The van der Waals surface area contributed by atoms with Gasteiger partial charge in [-0.25, -0.2) is 0 Å². The molecule has 1 N–H and O–H groups in total. The molecule has 3 saturated carbocycles. The van der Waals surface area contributed by atoms with Crippen molar-refractivity contribution >= 4 is 5.91 Å². The summed E-state index contributed by atoms with van der Waals surface area (Å²) in [5.41, 5.74) is 3.09. The van der Waals surface area contributed by atoms with Crippen molar-refractivity contribution in [2.75, 3.05) is 32.7 Å². The van der Waals surface area contributed by atoms with Gasteiger partial charge in [-0.3, -0.25) is 9.69 Å². The van der Waals surface area contributed by atoms with Crippen LogP contribution in [-0.4, -0.2) is 60.0 Å². The molecule has 0 spiro atoms. The highest BCUT2D eigenvalue weighted by Crippen LogP contribution is 2.60. The van der Waals surface area contributed by atoms with E-state index < -0.39 is 0 Å². The Bertz CT molecular complexity index is 931. The Labute approximate surface area is 211 Å². The molecule has 2 aliphatic heterocycles. The van der Waals surface area contributed by atoms with E-state index in [1.807, 2.05) is 0 Å². The number of rotatable bonds is 7. The van der Waals surface area contributed by atoms with Gasteiger partial charge in [0.2, 0.25) is 5.91 Å². The van der Waals surface area contributed by atoms with Crippen LogP contribution < -0.4 is 5.32 Å². The lowest BCUT2D eigenvalue weighted by Gasteiger charge is -2.61. The molecule has 4 nitrogen and oxygen atoms in total. The van der Waals surface area contributed by atoms with Crippen molar-refractivity contribution in [3.05, 3.63) is 71.8 Å². The van der Waals surface area contributed by atoms with Crippen molar-refractivity contribution in [2.24, 2.45) is 5.92 Å². The number of nitrogens with zero attached hydrogens (tertiary/aromatic N) is 2. The summed E-state index contributed by atoms with van der Waals surface area (Å²) in [6.07, 6.45) is 9.38. The van der Waals surface area contributed by atoms with Crippen LogP contribution in [0.4, 0.5) is 0 Å². The molecule has 2 heterocycles. The van der Waals surface area contributed by atoms with Crippen molar-refractivity contribution in [3.63, 3.8) is 0 Å². The van der Waals surface area contributed by atoms with Gasteiger partial charge < -0.3 is 10.2 Å². The summed E-state index contributed by atoms with van der Waals surface area (Å²) >= 11 is 0. The van der Waals surface area contributed by atoms with Crippen molar-refractivity contribution in [1.29, 1.82) is 0 Å². The number of carbonyl (C=O) groups is 1. The fourth-order valence-corrected chi connectivity index (χ4v) is 8.08. The van der Waals surface area contributed by atoms with Gasteiger partial charge in [-0.2, -0.15) is 0 Å². The van der Waals surface area contributed by atoms with Gasteiger partial charge in [0.15, 0.2) is 0 Å². The first-order valence-electron chi connectivity index (χ1n) is 14.1. The predicted molar refractivity (Wildman–Crippen MR) is 141 cm³/mol. The summed E-state index contributed by atoms with van der Waals surface area (Å²) in [6.45, 7) is 5.64. The lowest BCUT2D eigenvalue weighted by Crippen LogP contribution is -2.65. The molecule has 4 heteroatoms. The fraction of sp³-hybridized carbons (Fsp3) is 0.581. The van der Waals surface area contributed by atoms with Gasteiger partial charge in [0.05, 0.1) is 0 Å². The van der Waals surface area contributed by atoms with Crippen molar-refractivity contribution in [2.45, 2.75) is 74.8 Å². The third kappa shape index (κ3) is 4.68. The zero-order chi connectivity index (χ0) is 23.7. The Balaban J connectivity index is 1.33. The van der Waals surface area contributed by atoms with Gasteiger partial charge in [-0.05, 0) is 100 Å². The van der Waals surface area contributed by atoms with Gasteiger partial charge in [-0.15, -0.1) is 0 Å². The average Bonchev–Trinajstić information content (AvgIpc) is 3.64. The lowest BCUT2D eigenvalue weighted by atomic mass is 9.51. The summed E-state index contributed by atoms with van der Waals surface area (Å²) in [5, 5.41) is 3.63. The number of likely N-dealkylation sites (tertiary alicyclic amines) is 2. The zero-order valence-corrected chi connectivity index (χ0v) is 21.1. The van der Waals surface area contributed by atoms with Crippen LogP contribution in [0.25, 0.3) is 0 Å². The molecule has 0 aromatic heterocycles. The minimum atomic E-state index is 0.180. The van der Waals surface area contributed by atoms with E-state index in [1.165, 1.54) is 62.7 Å². The molecule has 3 unspecified atom stereocenters. The standard InChI is InChI=1S/C31H41N3O/c35-29(15-20-33-16-7-8-17-33)32-28-23-31(34-18-9-10-19-34)21-26(24-11-3-1-4-12-24)30(28)27(22-31)25-13-5-2-6-14-25/h1-6,11-14,26-28,30H,7-10,15-23H2,(H,32,35). The second-order valence-corrected chi connectivity index (χ2v) is 11.6. The smallest absolute Gasteiger partial charge is 0.221 e. The SMILES string of the molecule is O=C(CCN1CCCC1)NC1CC2(N3CCCC3)CC(c3ccccc3)C1C(c1ccccc1)C2. The van der Waals surface area contributed by atoms with Crippen LogP contribution in [0, 0.1) is 5.92 Å². The number of hydrogen-bond donors (Lipinski definition) is 1. The Morgan fingerprint density at radius 1 is 0.771 bits per heavy atom. The first-order chi connectivity index (χ1) is 17.2. The molecule has 3 atom stereocenters. The van der Waals surface area contributed by atoms with E-state index in [0.29, 0.717) is 24.2 Å². The third-order valence-corrected chi connectivity index (χ3v) is 9.63. The summed E-state index contributed by atoms with van der Waals surface area (Å²) in [5.74, 6) is 1.66. The molecule has 2 aromatic rings. The highest BCUT2D eigenvalue weighted by molar-refractivity contribution is 5.76. The average molecular weight is 472 g/mol. The van der Waals surface area contributed by atoms with Gasteiger partial charge in [0.1, 0.15) is 0 Å². The lowest BCUT2D eigenvalue weighted by molar-refractivity contribution is -0.125. The molecule has 3 aliphatic carbocycles. The molecule has 5 fully saturated rings. The van der Waals surface area contributed by atoms with Crippen molar-refractivity contribution in [1.82, 2.24) is 15.1 Å². The largest absolute Gasteiger partial charge is 0.353 e. The maximum absolute atomic E-state index is 13.3. The summed E-state index contributed by atoms with van der Waals surface area (Å²) in [6, 6.07) is 22.6. The monoisotopic (exact) mass is 471 g/mol. The van der Waals surface area contributed by atoms with Gasteiger partial charge >= 0.3 is 0 Å². The van der Waals surface area contributed by atoms with E-state index in [4.69, 9.17) is 0 Å². The molecule has 2 aromatic carbocycles. The Hall–Kier alpha value is -2.17. The highest BCUT2D eigenvalue weighted by atomic mass is 16.1. The molecule has 35 heavy (non-hydrogen) atoms. The highest BCUT2D eigenvalue weighted by Gasteiger charge is 2.58. The number of amides is 1. The number of nitrogens with one attached hydrogen (secondary N) is 1. The van der Waals surface area contributed by atoms with Crippen LogP contribution in [-0.2, 0) is 4.79 Å². The van der Waals surface area contributed by atoms with E-state index in [9.17, 15) is 4.79 Å². The minimum absolute atomic E-state index is 0.180. The van der Waals surface area contributed by atoms with Crippen LogP contribution >= 0.6 is 0 Å². The van der Waals surface area contributed by atoms with Crippen molar-refractivity contribution < 1.29 is 4.79 Å². The maximum Gasteiger partial charge on any atom is 0.221 e. The van der Waals surface area contributed by atoms with Gasteiger partial charge in [-0.1, -0.05) is 60.7 Å². The minimum Gasteiger partial charge on any atom is -0.353 e. The topological polar surface area (TPSA) is 35.6 Å². The number of fused-ring (bicyclic) bond motifs is 3. The molecular formula is C31H41N3O.